The zero-order chi connectivity index (χ0) is 11.6. The Hall–Kier alpha value is -0.610. The molecule has 1 fully saturated rings. The number of hydrogen-bond acceptors (Lipinski definition) is 4. The third-order valence-electron chi connectivity index (χ3n) is 3.40. The van der Waals surface area contributed by atoms with Crippen LogP contribution < -0.4 is 0 Å². The maximum Gasteiger partial charge on any atom is 0.323 e. The highest BCUT2D eigenvalue weighted by atomic mass is 16.5. The lowest BCUT2D eigenvalue weighted by Gasteiger charge is -2.45. The highest BCUT2D eigenvalue weighted by molar-refractivity contribution is 5.76. The van der Waals surface area contributed by atoms with Crippen molar-refractivity contribution in [3.63, 3.8) is 0 Å². The van der Waals surface area contributed by atoms with E-state index in [0.717, 1.165) is 19.5 Å². The minimum absolute atomic E-state index is 0.0192. The topological polar surface area (TPSA) is 32.8 Å². The summed E-state index contributed by atoms with van der Waals surface area (Å²) >= 11 is 0. The van der Waals surface area contributed by atoms with E-state index < -0.39 is 0 Å². The highest BCUT2D eigenvalue weighted by Gasteiger charge is 2.38. The van der Waals surface area contributed by atoms with Gasteiger partial charge in [-0.1, -0.05) is 0 Å². The summed E-state index contributed by atoms with van der Waals surface area (Å²) in [5, 5.41) is 0. The second-order valence-electron chi connectivity index (χ2n) is 5.00. The minimum atomic E-state index is -0.101. The number of nitrogens with zero attached hydrogens (tertiary/aromatic N) is 2. The van der Waals surface area contributed by atoms with Crippen LogP contribution in [0, 0.1) is 0 Å². The zero-order valence-corrected chi connectivity index (χ0v) is 10.4. The second-order valence-corrected chi connectivity index (χ2v) is 5.00. The van der Waals surface area contributed by atoms with Crippen LogP contribution in [0.2, 0.25) is 0 Å². The van der Waals surface area contributed by atoms with E-state index in [1.165, 1.54) is 7.11 Å². The molecule has 88 valence electrons. The number of carbonyl (C=O) groups is 1. The first-order chi connectivity index (χ1) is 6.88. The number of esters is 1. The first-order valence-corrected chi connectivity index (χ1v) is 5.38. The van der Waals surface area contributed by atoms with Gasteiger partial charge in [0.2, 0.25) is 0 Å². The van der Waals surface area contributed by atoms with E-state index in [1.807, 2.05) is 0 Å². The Morgan fingerprint density at radius 2 is 2.13 bits per heavy atom. The quantitative estimate of drug-likeness (QED) is 0.641. The van der Waals surface area contributed by atoms with Crippen molar-refractivity contribution >= 4 is 5.97 Å². The maximum absolute atomic E-state index is 11.4. The fraction of sp³-hybridized carbons (Fsp3) is 0.909. The predicted octanol–water partition coefficient (Wildman–Crippen LogP) is 0.574. The van der Waals surface area contributed by atoms with Gasteiger partial charge in [0.25, 0.3) is 0 Å². The zero-order valence-electron chi connectivity index (χ0n) is 10.4. The predicted molar refractivity (Wildman–Crippen MR) is 59.8 cm³/mol. The van der Waals surface area contributed by atoms with Crippen LogP contribution in [0.5, 0.6) is 0 Å². The van der Waals surface area contributed by atoms with Crippen molar-refractivity contribution in [3.05, 3.63) is 0 Å². The van der Waals surface area contributed by atoms with Crippen molar-refractivity contribution in [1.82, 2.24) is 9.80 Å². The third kappa shape index (κ3) is 2.69. The summed E-state index contributed by atoms with van der Waals surface area (Å²) in [6, 6.07) is -0.0192. The Balaban J connectivity index is 2.50. The first-order valence-electron chi connectivity index (χ1n) is 5.38. The van der Waals surface area contributed by atoms with Crippen molar-refractivity contribution in [2.45, 2.75) is 31.8 Å². The lowest BCUT2D eigenvalue weighted by molar-refractivity contribution is -0.153. The van der Waals surface area contributed by atoms with Gasteiger partial charge >= 0.3 is 5.97 Å². The number of hydrogen-bond donors (Lipinski definition) is 0. The van der Waals surface area contributed by atoms with E-state index in [9.17, 15) is 4.79 Å². The van der Waals surface area contributed by atoms with Gasteiger partial charge in [-0.25, -0.2) is 0 Å². The Morgan fingerprint density at radius 3 is 2.47 bits per heavy atom. The third-order valence-corrected chi connectivity index (χ3v) is 3.40. The van der Waals surface area contributed by atoms with Crippen molar-refractivity contribution in [2.75, 3.05) is 34.3 Å². The van der Waals surface area contributed by atoms with E-state index in [-0.39, 0.29) is 17.6 Å². The van der Waals surface area contributed by atoms with Crippen molar-refractivity contribution in [2.24, 2.45) is 0 Å². The van der Waals surface area contributed by atoms with Crippen LogP contribution in [-0.2, 0) is 9.53 Å². The molecule has 0 bridgehead atoms. The van der Waals surface area contributed by atoms with Crippen LogP contribution in [-0.4, -0.2) is 61.6 Å². The molecule has 0 aromatic carbocycles. The molecule has 0 aliphatic carbocycles. The molecule has 4 nitrogen and oxygen atoms in total. The summed E-state index contributed by atoms with van der Waals surface area (Å²) in [6.07, 6.45) is 0.927. The Bertz CT molecular complexity index is 239. The molecule has 1 heterocycles. The summed E-state index contributed by atoms with van der Waals surface area (Å²) in [7, 11) is 5.58. The fourth-order valence-corrected chi connectivity index (χ4v) is 1.67. The molecule has 1 aliphatic heterocycles. The molecule has 4 heteroatoms. The van der Waals surface area contributed by atoms with Gasteiger partial charge in [0.1, 0.15) is 6.04 Å². The van der Waals surface area contributed by atoms with Crippen LogP contribution >= 0.6 is 0 Å². The molecule has 0 amide bonds. The summed E-state index contributed by atoms with van der Waals surface area (Å²) in [4.78, 5) is 15.7. The maximum atomic E-state index is 11.4. The van der Waals surface area contributed by atoms with Gasteiger partial charge in [0, 0.05) is 18.6 Å². The number of likely N-dealkylation sites (N-methyl/N-ethyl adjacent to an activating group) is 1. The number of carbonyl (C=O) groups excluding carboxylic acids is 1. The van der Waals surface area contributed by atoms with Gasteiger partial charge in [-0.3, -0.25) is 9.69 Å². The van der Waals surface area contributed by atoms with E-state index in [2.05, 4.69) is 37.7 Å². The number of ether oxygens (including phenoxy) is 1. The molecular formula is C11H22N2O2. The van der Waals surface area contributed by atoms with E-state index in [1.54, 1.807) is 0 Å². The van der Waals surface area contributed by atoms with Crippen molar-refractivity contribution in [1.29, 1.82) is 0 Å². The summed E-state index contributed by atoms with van der Waals surface area (Å²) in [5.41, 5.74) is 0.0900. The van der Waals surface area contributed by atoms with Gasteiger partial charge in [-0.05, 0) is 34.4 Å². The standard InChI is InChI=1S/C11H22N2O2/c1-11(2,12(3)4)8-13-7-6-9(13)10(14)15-5/h9H,6-8H2,1-5H3. The molecule has 0 aromatic rings. The molecular weight excluding hydrogens is 192 g/mol. The monoisotopic (exact) mass is 214 g/mol. The SMILES string of the molecule is COC(=O)C1CCN1CC(C)(C)N(C)C. The van der Waals surface area contributed by atoms with Gasteiger partial charge in [0.05, 0.1) is 7.11 Å². The molecule has 1 aliphatic rings. The smallest absolute Gasteiger partial charge is 0.323 e. The average molecular weight is 214 g/mol. The molecule has 1 saturated heterocycles. The summed E-state index contributed by atoms with van der Waals surface area (Å²) in [5.74, 6) is -0.101. The van der Waals surface area contributed by atoms with E-state index >= 15 is 0 Å². The highest BCUT2D eigenvalue weighted by Crippen LogP contribution is 2.23. The van der Waals surface area contributed by atoms with E-state index in [0.29, 0.717) is 0 Å². The Labute approximate surface area is 92.2 Å². The van der Waals surface area contributed by atoms with Gasteiger partial charge in [-0.15, -0.1) is 0 Å². The van der Waals surface area contributed by atoms with Crippen LogP contribution in [0.4, 0.5) is 0 Å². The van der Waals surface area contributed by atoms with Gasteiger partial charge in [-0.2, -0.15) is 0 Å². The minimum Gasteiger partial charge on any atom is -0.468 e. The lowest BCUT2D eigenvalue weighted by Crippen LogP contribution is -2.59. The molecule has 15 heavy (non-hydrogen) atoms. The second kappa shape index (κ2) is 4.49. The Kier molecular flexibility index (Phi) is 3.73. The van der Waals surface area contributed by atoms with Crippen molar-refractivity contribution < 1.29 is 9.53 Å². The largest absolute Gasteiger partial charge is 0.468 e. The lowest BCUT2D eigenvalue weighted by atomic mass is 9.96. The first kappa shape index (κ1) is 12.5. The van der Waals surface area contributed by atoms with Crippen LogP contribution in [0.15, 0.2) is 0 Å². The molecule has 0 N–H and O–H groups in total. The van der Waals surface area contributed by atoms with E-state index in [4.69, 9.17) is 4.74 Å². The average Bonchev–Trinajstić information content (AvgIpc) is 2.12. The fourth-order valence-electron chi connectivity index (χ4n) is 1.67. The summed E-state index contributed by atoms with van der Waals surface area (Å²) < 4.78 is 4.77. The van der Waals surface area contributed by atoms with Crippen LogP contribution in [0.1, 0.15) is 20.3 Å². The normalized spacial score (nSPS) is 22.7. The van der Waals surface area contributed by atoms with Crippen LogP contribution in [0.25, 0.3) is 0 Å². The molecule has 1 unspecified atom stereocenters. The summed E-state index contributed by atoms with van der Waals surface area (Å²) in [6.45, 7) is 6.26. The molecule has 0 radical (unpaired) electrons. The molecule has 1 atom stereocenters. The number of methoxy groups -OCH3 is 1. The van der Waals surface area contributed by atoms with Crippen LogP contribution in [0.3, 0.4) is 0 Å². The van der Waals surface area contributed by atoms with Gasteiger partial charge < -0.3 is 9.64 Å². The molecule has 0 spiro atoms. The molecule has 0 saturated carbocycles. The number of rotatable bonds is 4. The van der Waals surface area contributed by atoms with Gasteiger partial charge in [0.15, 0.2) is 0 Å². The number of likely N-dealkylation sites (tertiary alicyclic amines) is 1. The molecule has 1 rings (SSSR count). The Morgan fingerprint density at radius 1 is 1.53 bits per heavy atom. The molecule has 0 aromatic heterocycles. The van der Waals surface area contributed by atoms with Crippen molar-refractivity contribution in [3.8, 4) is 0 Å².